The van der Waals surface area contributed by atoms with Crippen molar-refractivity contribution in [3.63, 3.8) is 0 Å². The number of hydrogen-bond acceptors (Lipinski definition) is 2. The van der Waals surface area contributed by atoms with Crippen LogP contribution in [0.25, 0.3) is 5.69 Å². The van der Waals surface area contributed by atoms with Crippen LogP contribution in [-0.4, -0.2) is 34.2 Å². The minimum absolute atomic E-state index is 0.149. The zero-order chi connectivity index (χ0) is 16.3. The molecule has 0 spiro atoms. The summed E-state index contributed by atoms with van der Waals surface area (Å²) in [5.41, 5.74) is 1.57. The molecule has 0 saturated carbocycles. The number of amides is 1. The molecule has 118 valence electrons. The molecule has 0 saturated heterocycles. The first-order valence-electron chi connectivity index (χ1n) is 7.22. The average Bonchev–Trinajstić information content (AvgIpc) is 2.79. The predicted octanol–water partition coefficient (Wildman–Crippen LogP) is 3.85. The van der Waals surface area contributed by atoms with Gasteiger partial charge in [0.25, 0.3) is 5.91 Å². The Labute approximate surface area is 134 Å². The Bertz CT molecular complexity index is 667. The maximum Gasteiger partial charge on any atom is 0.258 e. The van der Waals surface area contributed by atoms with E-state index in [0.717, 1.165) is 12.8 Å². The summed E-state index contributed by atoms with van der Waals surface area (Å²) in [7, 11) is 1.75. The van der Waals surface area contributed by atoms with Gasteiger partial charge in [0, 0.05) is 13.6 Å². The maximum atomic E-state index is 13.0. The van der Waals surface area contributed by atoms with Crippen molar-refractivity contribution in [2.75, 3.05) is 13.6 Å². The Hall–Kier alpha value is -1.88. The molecule has 6 heteroatoms. The van der Waals surface area contributed by atoms with Crippen LogP contribution in [0.5, 0.6) is 0 Å². The smallest absolute Gasteiger partial charge is 0.258 e. The SMILES string of the molecule is CCCCN(C)C(=O)c1c(C)nn(-c2ccc(F)cc2)c1Cl. The van der Waals surface area contributed by atoms with E-state index in [0.29, 0.717) is 23.5 Å². The van der Waals surface area contributed by atoms with Gasteiger partial charge in [-0.1, -0.05) is 24.9 Å². The van der Waals surface area contributed by atoms with Gasteiger partial charge in [0.15, 0.2) is 0 Å². The van der Waals surface area contributed by atoms with Crippen LogP contribution in [0.1, 0.15) is 35.8 Å². The highest BCUT2D eigenvalue weighted by atomic mass is 35.5. The van der Waals surface area contributed by atoms with Gasteiger partial charge in [0.2, 0.25) is 0 Å². The molecule has 0 atom stereocenters. The molecule has 1 aromatic heterocycles. The zero-order valence-corrected chi connectivity index (χ0v) is 13.7. The molecular weight excluding hydrogens is 305 g/mol. The third kappa shape index (κ3) is 3.30. The number of carbonyl (C=O) groups excluding carboxylic acids is 1. The summed E-state index contributed by atoms with van der Waals surface area (Å²) < 4.78 is 14.5. The Morgan fingerprint density at radius 2 is 2.00 bits per heavy atom. The Balaban J connectivity index is 2.34. The molecule has 2 rings (SSSR count). The lowest BCUT2D eigenvalue weighted by Crippen LogP contribution is -2.28. The van der Waals surface area contributed by atoms with E-state index in [2.05, 4.69) is 12.0 Å². The monoisotopic (exact) mass is 323 g/mol. The fourth-order valence-electron chi connectivity index (χ4n) is 2.18. The summed E-state index contributed by atoms with van der Waals surface area (Å²) in [5, 5.41) is 4.56. The van der Waals surface area contributed by atoms with Crippen LogP contribution >= 0.6 is 11.6 Å². The van der Waals surface area contributed by atoms with Crippen molar-refractivity contribution in [1.82, 2.24) is 14.7 Å². The van der Waals surface area contributed by atoms with E-state index in [1.807, 2.05) is 0 Å². The zero-order valence-electron chi connectivity index (χ0n) is 12.9. The molecule has 1 aromatic carbocycles. The Morgan fingerprint density at radius 1 is 1.36 bits per heavy atom. The molecule has 2 aromatic rings. The highest BCUT2D eigenvalue weighted by Gasteiger charge is 2.23. The van der Waals surface area contributed by atoms with Gasteiger partial charge in [-0.25, -0.2) is 9.07 Å². The van der Waals surface area contributed by atoms with Crippen LogP contribution in [0, 0.1) is 12.7 Å². The van der Waals surface area contributed by atoms with Gasteiger partial charge in [-0.05, 0) is 37.6 Å². The maximum absolute atomic E-state index is 13.0. The molecule has 0 bridgehead atoms. The number of hydrogen-bond donors (Lipinski definition) is 0. The standard InChI is InChI=1S/C16H19ClFN3O/c1-4-5-10-20(3)16(22)14-11(2)19-21(15(14)17)13-8-6-12(18)7-9-13/h6-9H,4-5,10H2,1-3H3. The number of aromatic nitrogens is 2. The summed E-state index contributed by atoms with van der Waals surface area (Å²) in [6.07, 6.45) is 1.95. The predicted molar refractivity (Wildman–Crippen MR) is 85.1 cm³/mol. The molecule has 4 nitrogen and oxygen atoms in total. The van der Waals surface area contributed by atoms with Gasteiger partial charge in [0.1, 0.15) is 11.0 Å². The van der Waals surface area contributed by atoms with Crippen molar-refractivity contribution in [2.24, 2.45) is 0 Å². The fraction of sp³-hybridized carbons (Fsp3) is 0.375. The summed E-state index contributed by atoms with van der Waals surface area (Å²) in [6.45, 7) is 4.49. The second kappa shape index (κ2) is 6.92. The molecule has 0 aliphatic heterocycles. The first kappa shape index (κ1) is 16.5. The van der Waals surface area contributed by atoms with Crippen LogP contribution in [-0.2, 0) is 0 Å². The lowest BCUT2D eigenvalue weighted by atomic mass is 10.2. The number of nitrogens with zero attached hydrogens (tertiary/aromatic N) is 3. The third-order valence-corrected chi connectivity index (χ3v) is 3.83. The molecule has 0 radical (unpaired) electrons. The minimum Gasteiger partial charge on any atom is -0.342 e. The van der Waals surface area contributed by atoms with Crippen LogP contribution in [0.4, 0.5) is 4.39 Å². The van der Waals surface area contributed by atoms with Crippen LogP contribution in [0.3, 0.4) is 0 Å². The summed E-state index contributed by atoms with van der Waals surface area (Å²) in [6, 6.07) is 5.81. The second-order valence-electron chi connectivity index (χ2n) is 5.22. The number of benzene rings is 1. The van der Waals surface area contributed by atoms with Crippen molar-refractivity contribution < 1.29 is 9.18 Å². The highest BCUT2D eigenvalue weighted by molar-refractivity contribution is 6.33. The largest absolute Gasteiger partial charge is 0.342 e. The normalized spacial score (nSPS) is 10.8. The second-order valence-corrected chi connectivity index (χ2v) is 5.58. The van der Waals surface area contributed by atoms with Crippen molar-refractivity contribution in [3.8, 4) is 5.69 Å². The lowest BCUT2D eigenvalue weighted by Gasteiger charge is -2.16. The van der Waals surface area contributed by atoms with E-state index >= 15 is 0 Å². The molecule has 0 unspecified atom stereocenters. The van der Waals surface area contributed by atoms with Crippen molar-refractivity contribution in [3.05, 3.63) is 46.5 Å². The first-order valence-corrected chi connectivity index (χ1v) is 7.60. The Kier molecular flexibility index (Phi) is 5.19. The number of halogens is 2. The number of rotatable bonds is 5. The van der Waals surface area contributed by atoms with Crippen molar-refractivity contribution in [1.29, 1.82) is 0 Å². The quantitative estimate of drug-likeness (QED) is 0.838. The summed E-state index contributed by atoms with van der Waals surface area (Å²) in [5.74, 6) is -0.483. The van der Waals surface area contributed by atoms with E-state index in [1.54, 1.807) is 31.0 Å². The van der Waals surface area contributed by atoms with E-state index in [4.69, 9.17) is 11.6 Å². The topological polar surface area (TPSA) is 38.1 Å². The van der Waals surface area contributed by atoms with Crippen LogP contribution in [0.2, 0.25) is 5.15 Å². The molecule has 22 heavy (non-hydrogen) atoms. The van der Waals surface area contributed by atoms with E-state index in [1.165, 1.54) is 16.8 Å². The summed E-state index contributed by atoms with van der Waals surface area (Å²) in [4.78, 5) is 14.2. The molecule has 1 heterocycles. The van der Waals surface area contributed by atoms with Gasteiger partial charge in [0.05, 0.1) is 16.9 Å². The fourth-order valence-corrected chi connectivity index (χ4v) is 2.54. The van der Waals surface area contributed by atoms with Gasteiger partial charge in [-0.3, -0.25) is 4.79 Å². The first-order chi connectivity index (χ1) is 10.5. The van der Waals surface area contributed by atoms with Crippen LogP contribution in [0.15, 0.2) is 24.3 Å². The average molecular weight is 324 g/mol. The van der Waals surface area contributed by atoms with Gasteiger partial charge in [-0.15, -0.1) is 0 Å². The number of aryl methyl sites for hydroxylation is 1. The lowest BCUT2D eigenvalue weighted by molar-refractivity contribution is 0.0792. The van der Waals surface area contributed by atoms with Crippen LogP contribution < -0.4 is 0 Å². The third-order valence-electron chi connectivity index (χ3n) is 3.48. The van der Waals surface area contributed by atoms with Crippen molar-refractivity contribution in [2.45, 2.75) is 26.7 Å². The molecule has 0 aliphatic rings. The number of unbranched alkanes of at least 4 members (excludes halogenated alkanes) is 1. The summed E-state index contributed by atoms with van der Waals surface area (Å²) >= 11 is 6.34. The van der Waals surface area contributed by atoms with E-state index in [-0.39, 0.29) is 16.9 Å². The molecule has 0 aliphatic carbocycles. The Morgan fingerprint density at radius 3 is 2.59 bits per heavy atom. The highest BCUT2D eigenvalue weighted by Crippen LogP contribution is 2.24. The minimum atomic E-state index is -0.334. The van der Waals surface area contributed by atoms with E-state index < -0.39 is 0 Å². The number of carbonyl (C=O) groups is 1. The van der Waals surface area contributed by atoms with Crippen molar-refractivity contribution >= 4 is 17.5 Å². The van der Waals surface area contributed by atoms with Gasteiger partial charge < -0.3 is 4.90 Å². The molecule has 0 fully saturated rings. The molecular formula is C16H19ClFN3O. The van der Waals surface area contributed by atoms with E-state index in [9.17, 15) is 9.18 Å². The van der Waals surface area contributed by atoms with Gasteiger partial charge in [-0.2, -0.15) is 5.10 Å². The van der Waals surface area contributed by atoms with Gasteiger partial charge >= 0.3 is 0 Å². The molecule has 0 N–H and O–H groups in total. The molecule has 1 amide bonds.